The maximum absolute atomic E-state index is 15.0. The van der Waals surface area contributed by atoms with E-state index in [2.05, 4.69) is 12.6 Å². The summed E-state index contributed by atoms with van der Waals surface area (Å²) < 4.78 is 141. The van der Waals surface area contributed by atoms with Gasteiger partial charge in [-0.25, -0.2) is 4.98 Å². The van der Waals surface area contributed by atoms with Crippen LogP contribution >= 0.6 is 0 Å². The summed E-state index contributed by atoms with van der Waals surface area (Å²) in [5, 5.41) is 17.3. The standard InChI is InChI=1S/C58H31F9N6/c1-30-15-20-36-31(2)70(45-12-6-3-9-37(36)45)54-52(72-48-25-32(30)16-21-40(48)43-24-19-34(27-50(43)72)57(62,63)64)44(29-68)53(71-46-13-7-4-10-38(46)41-22-17-33(26-49(41)71)56(59,60)61)55(69-54)73-47-14-8-5-11-39(47)42-23-18-35(28-51(42)73)58(65,66)67/h3-28H,1H2,2H3. The van der Waals surface area contributed by atoms with Crippen molar-refractivity contribution < 1.29 is 39.5 Å². The summed E-state index contributed by atoms with van der Waals surface area (Å²) in [5.74, 6) is -0.159. The number of aromatic nitrogens is 5. The molecular weight excluding hydrogens is 952 g/mol. The van der Waals surface area contributed by atoms with Gasteiger partial charge in [-0.05, 0) is 78.2 Å². The Hall–Kier alpha value is -9.03. The van der Waals surface area contributed by atoms with Crippen LogP contribution < -0.4 is 5.22 Å². The molecule has 13 rings (SSSR count). The topological polar surface area (TPSA) is 55.4 Å². The Morgan fingerprint density at radius 2 is 0.877 bits per heavy atom. The predicted octanol–water partition coefficient (Wildman–Crippen LogP) is 15.9. The largest absolute Gasteiger partial charge is 0.416 e. The van der Waals surface area contributed by atoms with Crippen LogP contribution in [0.3, 0.4) is 0 Å². The molecule has 7 aromatic carbocycles. The molecule has 6 nitrogen and oxygen atoms in total. The zero-order valence-electron chi connectivity index (χ0n) is 37.8. The zero-order valence-corrected chi connectivity index (χ0v) is 37.8. The number of nitrogens with zero attached hydrogens (tertiary/aromatic N) is 6. The van der Waals surface area contributed by atoms with E-state index in [9.17, 15) is 44.8 Å². The highest BCUT2D eigenvalue weighted by molar-refractivity contribution is 6.15. The van der Waals surface area contributed by atoms with Crippen molar-refractivity contribution in [3.8, 4) is 17.6 Å². The number of rotatable bonds is 2. The fourth-order valence-corrected chi connectivity index (χ4v) is 10.9. The summed E-state index contributed by atoms with van der Waals surface area (Å²) in [5.41, 5.74) is -1.46. The number of para-hydroxylation sites is 3. The van der Waals surface area contributed by atoms with Crippen LogP contribution in [0.25, 0.3) is 116 Å². The van der Waals surface area contributed by atoms with Crippen LogP contribution in [0.1, 0.15) is 27.9 Å². The monoisotopic (exact) mass is 982 g/mol. The van der Waals surface area contributed by atoms with Crippen LogP contribution in [0.2, 0.25) is 0 Å². The zero-order chi connectivity index (χ0) is 50.6. The number of aryl methyl sites for hydroxylation is 1. The van der Waals surface area contributed by atoms with E-state index in [1.807, 2.05) is 37.3 Å². The third kappa shape index (κ3) is 6.29. The van der Waals surface area contributed by atoms with Crippen molar-refractivity contribution in [2.45, 2.75) is 25.5 Å². The lowest BCUT2D eigenvalue weighted by atomic mass is 10.1. The number of halogens is 9. The van der Waals surface area contributed by atoms with E-state index >= 15 is 0 Å². The molecule has 0 aliphatic heterocycles. The van der Waals surface area contributed by atoms with E-state index in [4.69, 9.17) is 4.98 Å². The van der Waals surface area contributed by atoms with Gasteiger partial charge in [-0.1, -0.05) is 104 Å². The van der Waals surface area contributed by atoms with Gasteiger partial charge in [0.05, 0.1) is 55.3 Å². The maximum Gasteiger partial charge on any atom is 0.416 e. The van der Waals surface area contributed by atoms with Crippen molar-refractivity contribution in [2.24, 2.45) is 0 Å². The van der Waals surface area contributed by atoms with Crippen LogP contribution in [-0.4, -0.2) is 22.9 Å². The Bertz CT molecular complexity index is 4750. The lowest BCUT2D eigenvalue weighted by Gasteiger charge is -2.20. The Labute approximate surface area is 405 Å². The van der Waals surface area contributed by atoms with E-state index in [1.54, 1.807) is 77.2 Å². The van der Waals surface area contributed by atoms with Gasteiger partial charge in [-0.15, -0.1) is 0 Å². The lowest BCUT2D eigenvalue weighted by molar-refractivity contribution is -0.138. The van der Waals surface area contributed by atoms with Gasteiger partial charge < -0.3 is 8.97 Å². The van der Waals surface area contributed by atoms with Gasteiger partial charge in [0.25, 0.3) is 0 Å². The molecule has 0 atom stereocenters. The number of nitriles is 1. The van der Waals surface area contributed by atoms with E-state index in [1.165, 1.54) is 31.7 Å². The van der Waals surface area contributed by atoms with Crippen molar-refractivity contribution in [2.75, 3.05) is 0 Å². The van der Waals surface area contributed by atoms with E-state index < -0.39 is 35.2 Å². The molecule has 0 saturated heterocycles. The fourth-order valence-electron chi connectivity index (χ4n) is 10.9. The average Bonchev–Trinajstić information content (AvgIpc) is 4.07. The van der Waals surface area contributed by atoms with Crippen LogP contribution in [0, 0.1) is 18.3 Å². The van der Waals surface area contributed by atoms with Crippen LogP contribution in [0.5, 0.6) is 0 Å². The highest BCUT2D eigenvalue weighted by Gasteiger charge is 2.36. The Morgan fingerprint density at radius 3 is 1.42 bits per heavy atom. The lowest BCUT2D eigenvalue weighted by Crippen LogP contribution is -2.12. The van der Waals surface area contributed by atoms with Gasteiger partial charge in [0.1, 0.15) is 22.8 Å². The highest BCUT2D eigenvalue weighted by Crippen LogP contribution is 2.45. The second-order valence-corrected chi connectivity index (χ2v) is 18.1. The Balaban J connectivity index is 1.42. The third-order valence-electron chi connectivity index (χ3n) is 14.2. The summed E-state index contributed by atoms with van der Waals surface area (Å²) in [6.45, 7) is 6.17. The number of hydrogen-bond acceptors (Lipinski definition) is 2. The molecule has 0 radical (unpaired) electrons. The summed E-state index contributed by atoms with van der Waals surface area (Å²) in [6.07, 6.45) is -14.5. The third-order valence-corrected chi connectivity index (χ3v) is 14.2. The van der Waals surface area contributed by atoms with Crippen molar-refractivity contribution in [3.63, 3.8) is 0 Å². The average molecular weight is 983 g/mol. The normalized spacial score (nSPS) is 12.8. The van der Waals surface area contributed by atoms with Gasteiger partial charge in [-0.3, -0.25) is 8.97 Å². The molecule has 0 saturated carbocycles. The smallest absolute Gasteiger partial charge is 0.305 e. The van der Waals surface area contributed by atoms with E-state index in [-0.39, 0.29) is 44.8 Å². The van der Waals surface area contributed by atoms with Gasteiger partial charge >= 0.3 is 18.5 Å². The first-order valence-electron chi connectivity index (χ1n) is 22.8. The van der Waals surface area contributed by atoms with Crippen molar-refractivity contribution >= 4 is 105 Å². The predicted molar refractivity (Wildman–Crippen MR) is 268 cm³/mol. The quantitative estimate of drug-likeness (QED) is 0.162. The first-order valence-corrected chi connectivity index (χ1v) is 22.8. The molecule has 0 spiro atoms. The fraction of sp³-hybridized carbons (Fsp3) is 0.0690. The van der Waals surface area contributed by atoms with Crippen molar-refractivity contribution in [1.29, 1.82) is 5.26 Å². The number of alkyl halides is 9. The molecule has 6 heterocycles. The molecular formula is C58H31F9N6. The number of fused-ring (bicyclic) bond motifs is 18. The second-order valence-electron chi connectivity index (χ2n) is 18.1. The Kier molecular flexibility index (Phi) is 9.03. The minimum absolute atomic E-state index is 0.00561. The number of hydrogen-bond donors (Lipinski definition) is 0. The summed E-state index contributed by atoms with van der Waals surface area (Å²) in [6, 6.07) is 42.0. The molecule has 0 unspecified atom stereocenters. The molecule has 13 aromatic rings. The first kappa shape index (κ1) is 44.0. The molecule has 15 heteroatoms. The van der Waals surface area contributed by atoms with Gasteiger partial charge in [-0.2, -0.15) is 44.8 Å². The number of benzene rings is 7. The summed E-state index contributed by atoms with van der Waals surface area (Å²) >= 11 is 0. The van der Waals surface area contributed by atoms with Crippen LogP contribution in [-0.2, 0) is 18.5 Å². The first-order chi connectivity index (χ1) is 34.9. The van der Waals surface area contributed by atoms with Gasteiger partial charge in [0, 0.05) is 48.8 Å². The van der Waals surface area contributed by atoms with Gasteiger partial charge in [0.2, 0.25) is 0 Å². The molecule has 0 aliphatic rings. The maximum atomic E-state index is 15.0. The van der Waals surface area contributed by atoms with Gasteiger partial charge in [0.15, 0.2) is 11.5 Å². The SMILES string of the molecule is C=c1ccc2c(C)n(c3ccccc23)c2nc(-n3c4ccccc4c4ccc(C(F)(F)F)cc43)c(-n3c4ccccc4c4ccc(C(F)(F)F)cc43)c(C#N)c2n2c3cc(C(F)(F)F)ccc3c3ccc1cc32. The second kappa shape index (κ2) is 15.0. The molecule has 73 heavy (non-hydrogen) atoms. The molecule has 0 aliphatic carbocycles. The van der Waals surface area contributed by atoms with Crippen molar-refractivity contribution in [3.05, 3.63) is 191 Å². The van der Waals surface area contributed by atoms with Crippen LogP contribution in [0.15, 0.2) is 158 Å². The molecule has 6 aromatic heterocycles. The van der Waals surface area contributed by atoms with E-state index in [0.29, 0.717) is 81.5 Å². The molecule has 0 amide bonds. The minimum Gasteiger partial charge on any atom is -0.305 e. The van der Waals surface area contributed by atoms with Crippen LogP contribution in [0.4, 0.5) is 39.5 Å². The number of pyridine rings is 1. The summed E-state index contributed by atoms with van der Waals surface area (Å²) in [4.78, 5) is 5.55. The van der Waals surface area contributed by atoms with E-state index in [0.717, 1.165) is 36.4 Å². The molecule has 4 bridgehead atoms. The molecule has 356 valence electrons. The summed E-state index contributed by atoms with van der Waals surface area (Å²) in [7, 11) is 0. The minimum atomic E-state index is -4.85. The molecule has 0 fully saturated rings. The molecule has 0 N–H and O–H groups in total. The van der Waals surface area contributed by atoms with Crippen molar-refractivity contribution in [1.82, 2.24) is 22.9 Å². The highest BCUT2D eigenvalue weighted by atomic mass is 19.4. The Morgan fingerprint density at radius 1 is 0.452 bits per heavy atom.